The Morgan fingerprint density at radius 2 is 2.29 bits per heavy atom. The van der Waals surface area contributed by atoms with Gasteiger partial charge in [-0.05, 0) is 11.6 Å². The molecular weight excluding hydrogens is 108 g/mol. The highest BCUT2D eigenvalue weighted by Gasteiger charge is 1.96. The average molecular weight is 113 g/mol. The first-order chi connectivity index (χ1) is 3.30. The zero-order valence-electron chi connectivity index (χ0n) is 3.82. The third-order valence-electron chi connectivity index (χ3n) is 0.847. The lowest BCUT2D eigenvalue weighted by atomic mass is 10.3. The van der Waals surface area contributed by atoms with Crippen molar-refractivity contribution < 1.29 is 0 Å². The van der Waals surface area contributed by atoms with E-state index in [1.165, 1.54) is 0 Å². The summed E-state index contributed by atoms with van der Waals surface area (Å²) in [4.78, 5) is 0. The maximum absolute atomic E-state index is 5.56. The third-order valence-corrected chi connectivity index (χ3v) is 1.22. The van der Waals surface area contributed by atoms with Crippen molar-refractivity contribution in [3.8, 4) is 0 Å². The highest BCUT2D eigenvalue weighted by molar-refractivity contribution is 6.32. The fourth-order valence-corrected chi connectivity index (χ4v) is 0.571. The van der Waals surface area contributed by atoms with E-state index in [1.807, 2.05) is 18.2 Å². The van der Waals surface area contributed by atoms with E-state index in [0.717, 1.165) is 10.6 Å². The van der Waals surface area contributed by atoms with E-state index >= 15 is 0 Å². The van der Waals surface area contributed by atoms with Gasteiger partial charge in [-0.1, -0.05) is 30.3 Å². The summed E-state index contributed by atoms with van der Waals surface area (Å²) in [6.45, 7) is 3.65. The summed E-state index contributed by atoms with van der Waals surface area (Å²) in [5.41, 5.74) is 0.904. The van der Waals surface area contributed by atoms with Gasteiger partial charge in [0, 0.05) is 5.03 Å². The van der Waals surface area contributed by atoms with Gasteiger partial charge in [-0.3, -0.25) is 0 Å². The molecule has 0 atom stereocenters. The highest BCUT2D eigenvalue weighted by Crippen LogP contribution is 2.18. The van der Waals surface area contributed by atoms with E-state index in [2.05, 4.69) is 6.58 Å². The van der Waals surface area contributed by atoms with E-state index in [0.29, 0.717) is 0 Å². The molecule has 0 spiro atoms. The summed E-state index contributed by atoms with van der Waals surface area (Å²) >= 11 is 5.56. The van der Waals surface area contributed by atoms with Gasteiger partial charge in [-0.25, -0.2) is 0 Å². The van der Waals surface area contributed by atoms with Crippen LogP contribution in [0.3, 0.4) is 0 Å². The maximum Gasteiger partial charge on any atom is 0.0472 e. The van der Waals surface area contributed by atoms with Crippen molar-refractivity contribution in [1.29, 1.82) is 0 Å². The zero-order chi connectivity index (χ0) is 5.28. The Balaban J connectivity index is 2.89. The maximum atomic E-state index is 5.56. The second-order valence-electron chi connectivity index (χ2n) is 1.40. The predicted octanol–water partition coefficient (Wildman–Crippen LogP) is 2.24. The average Bonchev–Trinajstić information content (AvgIpc) is 1.91. The van der Waals surface area contributed by atoms with Crippen LogP contribution < -0.4 is 0 Å². The number of halogens is 1. The van der Waals surface area contributed by atoms with Gasteiger partial charge >= 0.3 is 0 Å². The second-order valence-corrected chi connectivity index (χ2v) is 1.81. The Labute approximate surface area is 47.8 Å². The van der Waals surface area contributed by atoms with Gasteiger partial charge in [0.25, 0.3) is 0 Å². The molecule has 0 aromatic carbocycles. The fourth-order valence-electron chi connectivity index (χ4n) is 0.435. The molecule has 0 aromatic rings. The summed E-state index contributed by atoms with van der Waals surface area (Å²) in [6.07, 6.45) is 5.58. The number of hydrogen-bond donors (Lipinski definition) is 0. The van der Waals surface area contributed by atoms with Crippen molar-refractivity contribution in [2.75, 3.05) is 0 Å². The molecule has 0 nitrogen and oxygen atoms in total. The Bertz CT molecular complexity index is 152. The van der Waals surface area contributed by atoms with E-state index in [-0.39, 0.29) is 0 Å². The van der Waals surface area contributed by atoms with Crippen molar-refractivity contribution >= 4 is 11.6 Å². The molecule has 0 N–H and O–H groups in total. The molecule has 0 unspecified atom stereocenters. The van der Waals surface area contributed by atoms with E-state index in [9.17, 15) is 0 Å². The molecule has 1 aliphatic rings. The molecule has 0 saturated carbocycles. The van der Waals surface area contributed by atoms with Gasteiger partial charge in [0.15, 0.2) is 0 Å². The summed E-state index contributed by atoms with van der Waals surface area (Å²) in [5.74, 6) is 0. The molecule has 7 heavy (non-hydrogen) atoms. The summed E-state index contributed by atoms with van der Waals surface area (Å²) in [6, 6.07) is 0. The second kappa shape index (κ2) is 1.55. The molecule has 0 amide bonds. The lowest BCUT2D eigenvalue weighted by Crippen LogP contribution is -1.62. The van der Waals surface area contributed by atoms with Crippen LogP contribution in [0.2, 0.25) is 0 Å². The molecule has 0 saturated heterocycles. The molecule has 36 valence electrons. The van der Waals surface area contributed by atoms with Gasteiger partial charge < -0.3 is 0 Å². The van der Waals surface area contributed by atoms with E-state index in [1.54, 1.807) is 0 Å². The molecule has 1 aliphatic carbocycles. The molecule has 0 aliphatic heterocycles. The van der Waals surface area contributed by atoms with Crippen molar-refractivity contribution in [1.82, 2.24) is 0 Å². The Hall–Kier alpha value is -0.490. The van der Waals surface area contributed by atoms with Gasteiger partial charge in [0.1, 0.15) is 0 Å². The highest BCUT2D eigenvalue weighted by atomic mass is 35.5. The third kappa shape index (κ3) is 0.751. The Kier molecular flexibility index (Phi) is 1.03. The van der Waals surface area contributed by atoms with E-state index in [4.69, 9.17) is 11.6 Å². The first-order valence-electron chi connectivity index (χ1n) is 2.04. The van der Waals surface area contributed by atoms with Crippen LogP contribution in [0.1, 0.15) is 0 Å². The minimum absolute atomic E-state index is 0.750. The van der Waals surface area contributed by atoms with Crippen LogP contribution in [0.4, 0.5) is 0 Å². The van der Waals surface area contributed by atoms with Crippen LogP contribution >= 0.6 is 11.6 Å². The van der Waals surface area contributed by atoms with Crippen LogP contribution in [0, 0.1) is 0 Å². The SMILES string of the molecule is C=C1C=CC=C1Cl. The van der Waals surface area contributed by atoms with Crippen molar-refractivity contribution in [3.05, 3.63) is 35.4 Å². The normalized spacial score (nSPS) is 17.9. The molecule has 0 fully saturated rings. The minimum Gasteiger partial charge on any atom is -0.0903 e. The van der Waals surface area contributed by atoms with Gasteiger partial charge in [-0.2, -0.15) is 0 Å². The molecule has 0 bridgehead atoms. The largest absolute Gasteiger partial charge is 0.0903 e. The summed E-state index contributed by atoms with van der Waals surface area (Å²) in [5, 5.41) is 0.750. The lowest BCUT2D eigenvalue weighted by molar-refractivity contribution is 1.79. The van der Waals surface area contributed by atoms with Gasteiger partial charge in [0.05, 0.1) is 0 Å². The number of allylic oxidation sites excluding steroid dienone is 5. The van der Waals surface area contributed by atoms with Crippen LogP contribution in [-0.4, -0.2) is 0 Å². The molecule has 0 heterocycles. The number of hydrogen-bond acceptors (Lipinski definition) is 0. The quantitative estimate of drug-likeness (QED) is 0.451. The van der Waals surface area contributed by atoms with Crippen LogP contribution in [0.15, 0.2) is 35.4 Å². The van der Waals surface area contributed by atoms with Gasteiger partial charge in [0.2, 0.25) is 0 Å². The Morgan fingerprint density at radius 1 is 1.57 bits per heavy atom. The molecular formula is C6H5Cl. The topological polar surface area (TPSA) is 0 Å². The smallest absolute Gasteiger partial charge is 0.0472 e. The summed E-state index contributed by atoms with van der Waals surface area (Å²) in [7, 11) is 0. The van der Waals surface area contributed by atoms with Crippen LogP contribution in [0.25, 0.3) is 0 Å². The molecule has 0 radical (unpaired) electrons. The van der Waals surface area contributed by atoms with Crippen molar-refractivity contribution in [2.45, 2.75) is 0 Å². The first kappa shape index (κ1) is 4.66. The standard InChI is InChI=1S/C6H5Cl/c1-5-3-2-4-6(5)7/h2-4H,1H2. The van der Waals surface area contributed by atoms with Gasteiger partial charge in [-0.15, -0.1) is 0 Å². The minimum atomic E-state index is 0.750. The number of rotatable bonds is 0. The monoisotopic (exact) mass is 112 g/mol. The first-order valence-corrected chi connectivity index (χ1v) is 2.41. The van der Waals surface area contributed by atoms with Crippen LogP contribution in [0.5, 0.6) is 0 Å². The zero-order valence-corrected chi connectivity index (χ0v) is 4.57. The van der Waals surface area contributed by atoms with Crippen molar-refractivity contribution in [3.63, 3.8) is 0 Å². The Morgan fingerprint density at radius 3 is 2.43 bits per heavy atom. The van der Waals surface area contributed by atoms with Crippen LogP contribution in [-0.2, 0) is 0 Å². The molecule has 0 aromatic heterocycles. The lowest BCUT2D eigenvalue weighted by Gasteiger charge is -1.83. The van der Waals surface area contributed by atoms with Crippen molar-refractivity contribution in [2.24, 2.45) is 0 Å². The molecule has 1 rings (SSSR count). The fraction of sp³-hybridized carbons (Fsp3) is 0. The molecule has 1 heteroatoms. The predicted molar refractivity (Wildman–Crippen MR) is 32.2 cm³/mol. The summed E-state index contributed by atoms with van der Waals surface area (Å²) < 4.78 is 0. The van der Waals surface area contributed by atoms with E-state index < -0.39 is 0 Å².